The number of halogens is 1. The van der Waals surface area contributed by atoms with Crippen LogP contribution in [0.15, 0.2) is 47.4 Å². The topological polar surface area (TPSA) is 72.2 Å². The molecule has 0 heterocycles. The van der Waals surface area contributed by atoms with Gasteiger partial charge in [0.2, 0.25) is 0 Å². The lowest BCUT2D eigenvalue weighted by Gasteiger charge is -2.11. The molecule has 0 unspecified atom stereocenters. The van der Waals surface area contributed by atoms with Crippen LogP contribution in [0.1, 0.15) is 11.1 Å². The first-order chi connectivity index (χ1) is 9.44. The molecule has 0 aliphatic heterocycles. The summed E-state index contributed by atoms with van der Waals surface area (Å²) in [5.41, 5.74) is 6.79. The van der Waals surface area contributed by atoms with Gasteiger partial charge < -0.3 is 5.73 Å². The smallest absolute Gasteiger partial charge is 0.261 e. The fourth-order valence-electron chi connectivity index (χ4n) is 1.73. The molecule has 0 spiro atoms. The van der Waals surface area contributed by atoms with E-state index in [1.165, 1.54) is 37.3 Å². The van der Waals surface area contributed by atoms with E-state index in [-0.39, 0.29) is 16.1 Å². The molecular formula is C14H15FN2O2S. The Hall–Kier alpha value is -1.92. The fourth-order valence-corrected chi connectivity index (χ4v) is 2.85. The number of rotatable bonds is 4. The number of hydrogen-bond donors (Lipinski definition) is 2. The third-order valence-corrected chi connectivity index (χ3v) is 4.36. The first kappa shape index (κ1) is 14.5. The molecule has 2 rings (SSSR count). The van der Waals surface area contributed by atoms with Crippen molar-refractivity contribution in [3.05, 3.63) is 59.4 Å². The van der Waals surface area contributed by atoms with E-state index >= 15 is 0 Å². The third-order valence-electron chi connectivity index (χ3n) is 2.98. The van der Waals surface area contributed by atoms with E-state index in [0.717, 1.165) is 5.56 Å². The largest absolute Gasteiger partial charge is 0.326 e. The van der Waals surface area contributed by atoms with Gasteiger partial charge in [-0.25, -0.2) is 12.8 Å². The van der Waals surface area contributed by atoms with Crippen molar-refractivity contribution >= 4 is 15.7 Å². The molecule has 2 aromatic carbocycles. The summed E-state index contributed by atoms with van der Waals surface area (Å²) in [5.74, 6) is -0.455. The van der Waals surface area contributed by atoms with Gasteiger partial charge in [0.05, 0.1) is 10.6 Å². The number of nitrogens with one attached hydrogen (secondary N) is 1. The number of hydrogen-bond acceptors (Lipinski definition) is 3. The molecule has 3 N–H and O–H groups in total. The van der Waals surface area contributed by atoms with Crippen molar-refractivity contribution in [2.75, 3.05) is 4.72 Å². The highest BCUT2D eigenvalue weighted by Gasteiger charge is 2.15. The molecule has 0 amide bonds. The van der Waals surface area contributed by atoms with Gasteiger partial charge in [-0.2, -0.15) is 0 Å². The van der Waals surface area contributed by atoms with Crippen molar-refractivity contribution in [2.24, 2.45) is 5.73 Å². The van der Waals surface area contributed by atoms with Gasteiger partial charge >= 0.3 is 0 Å². The quantitative estimate of drug-likeness (QED) is 0.909. The molecule has 0 aliphatic carbocycles. The Morgan fingerprint density at radius 3 is 2.40 bits per heavy atom. The van der Waals surface area contributed by atoms with Crippen LogP contribution in [0, 0.1) is 12.7 Å². The first-order valence-corrected chi connectivity index (χ1v) is 7.49. The zero-order chi connectivity index (χ0) is 14.8. The summed E-state index contributed by atoms with van der Waals surface area (Å²) >= 11 is 0. The summed E-state index contributed by atoms with van der Waals surface area (Å²) in [4.78, 5) is 0.110. The van der Waals surface area contributed by atoms with Gasteiger partial charge in [-0.05, 0) is 36.8 Å². The summed E-state index contributed by atoms with van der Waals surface area (Å²) in [6.07, 6.45) is 0. The highest BCUT2D eigenvalue weighted by atomic mass is 32.2. The summed E-state index contributed by atoms with van der Waals surface area (Å²) in [6.45, 7) is 1.86. The molecule has 0 fully saturated rings. The Balaban J connectivity index is 2.33. The molecule has 0 aromatic heterocycles. The van der Waals surface area contributed by atoms with Gasteiger partial charge in [-0.15, -0.1) is 0 Å². The Labute approximate surface area is 117 Å². The molecule has 20 heavy (non-hydrogen) atoms. The molecule has 0 bridgehead atoms. The molecule has 6 heteroatoms. The normalized spacial score (nSPS) is 11.3. The zero-order valence-electron chi connectivity index (χ0n) is 10.9. The Morgan fingerprint density at radius 1 is 1.15 bits per heavy atom. The number of nitrogens with two attached hydrogens (primary N) is 1. The average molecular weight is 294 g/mol. The molecular weight excluding hydrogens is 279 g/mol. The lowest BCUT2D eigenvalue weighted by Crippen LogP contribution is -2.14. The SMILES string of the molecule is Cc1c(F)cccc1NS(=O)(=O)c1ccc(CN)cc1. The Morgan fingerprint density at radius 2 is 1.80 bits per heavy atom. The van der Waals surface area contributed by atoms with Gasteiger partial charge in [0, 0.05) is 12.1 Å². The van der Waals surface area contributed by atoms with E-state index in [1.54, 1.807) is 12.1 Å². The minimum absolute atomic E-state index is 0.110. The number of anilines is 1. The van der Waals surface area contributed by atoms with Crippen molar-refractivity contribution in [3.8, 4) is 0 Å². The second-order valence-corrected chi connectivity index (χ2v) is 6.05. The van der Waals surface area contributed by atoms with Crippen molar-refractivity contribution < 1.29 is 12.8 Å². The maximum atomic E-state index is 13.4. The number of benzene rings is 2. The van der Waals surface area contributed by atoms with Crippen LogP contribution in [0.25, 0.3) is 0 Å². The van der Waals surface area contributed by atoms with E-state index in [1.807, 2.05) is 0 Å². The van der Waals surface area contributed by atoms with E-state index in [4.69, 9.17) is 5.73 Å². The van der Waals surface area contributed by atoms with Crippen molar-refractivity contribution in [3.63, 3.8) is 0 Å². The van der Waals surface area contributed by atoms with Crippen LogP contribution < -0.4 is 10.5 Å². The highest BCUT2D eigenvalue weighted by molar-refractivity contribution is 7.92. The minimum Gasteiger partial charge on any atom is -0.326 e. The summed E-state index contributed by atoms with van der Waals surface area (Å²) < 4.78 is 40.2. The van der Waals surface area contributed by atoms with Crippen LogP contribution in [0.3, 0.4) is 0 Å². The van der Waals surface area contributed by atoms with Gasteiger partial charge in [0.1, 0.15) is 5.82 Å². The predicted octanol–water partition coefficient (Wildman–Crippen LogP) is 2.39. The molecule has 0 atom stereocenters. The Bertz CT molecular complexity index is 712. The predicted molar refractivity (Wildman–Crippen MR) is 76.3 cm³/mol. The van der Waals surface area contributed by atoms with Crippen LogP contribution in [-0.4, -0.2) is 8.42 Å². The zero-order valence-corrected chi connectivity index (χ0v) is 11.7. The molecule has 106 valence electrons. The van der Waals surface area contributed by atoms with Gasteiger partial charge in [0.25, 0.3) is 10.0 Å². The lowest BCUT2D eigenvalue weighted by atomic mass is 10.2. The van der Waals surface area contributed by atoms with Crippen LogP contribution >= 0.6 is 0 Å². The van der Waals surface area contributed by atoms with Gasteiger partial charge in [-0.3, -0.25) is 4.72 Å². The van der Waals surface area contributed by atoms with Crippen molar-refractivity contribution in [1.82, 2.24) is 0 Å². The second kappa shape index (κ2) is 5.60. The highest BCUT2D eigenvalue weighted by Crippen LogP contribution is 2.21. The van der Waals surface area contributed by atoms with Crippen molar-refractivity contribution in [1.29, 1.82) is 0 Å². The lowest BCUT2D eigenvalue weighted by molar-refractivity contribution is 0.600. The van der Waals surface area contributed by atoms with Crippen LogP contribution in [-0.2, 0) is 16.6 Å². The maximum Gasteiger partial charge on any atom is 0.261 e. The minimum atomic E-state index is -3.74. The maximum absolute atomic E-state index is 13.4. The molecule has 0 saturated heterocycles. The van der Waals surface area contributed by atoms with Gasteiger partial charge in [0.15, 0.2) is 0 Å². The van der Waals surface area contributed by atoms with Gasteiger partial charge in [-0.1, -0.05) is 18.2 Å². The van der Waals surface area contributed by atoms with E-state index < -0.39 is 15.8 Å². The van der Waals surface area contributed by atoms with Crippen LogP contribution in [0.4, 0.5) is 10.1 Å². The van der Waals surface area contributed by atoms with Crippen LogP contribution in [0.5, 0.6) is 0 Å². The molecule has 0 saturated carbocycles. The summed E-state index contributed by atoms with van der Waals surface area (Å²) in [6, 6.07) is 10.5. The molecule has 0 aliphatic rings. The summed E-state index contributed by atoms with van der Waals surface area (Å²) in [5, 5.41) is 0. The molecule has 4 nitrogen and oxygen atoms in total. The third kappa shape index (κ3) is 2.97. The van der Waals surface area contributed by atoms with Crippen molar-refractivity contribution in [2.45, 2.75) is 18.4 Å². The molecule has 0 radical (unpaired) electrons. The second-order valence-electron chi connectivity index (χ2n) is 4.37. The van der Waals surface area contributed by atoms with E-state index in [2.05, 4.69) is 4.72 Å². The molecule has 2 aromatic rings. The fraction of sp³-hybridized carbons (Fsp3) is 0.143. The number of sulfonamides is 1. The monoisotopic (exact) mass is 294 g/mol. The average Bonchev–Trinajstić information content (AvgIpc) is 2.44. The van der Waals surface area contributed by atoms with E-state index in [0.29, 0.717) is 6.54 Å². The summed E-state index contributed by atoms with van der Waals surface area (Å²) in [7, 11) is -3.74. The van der Waals surface area contributed by atoms with E-state index in [9.17, 15) is 12.8 Å². The Kier molecular flexibility index (Phi) is 4.06. The first-order valence-electron chi connectivity index (χ1n) is 6.01. The van der Waals surface area contributed by atoms with Crippen LogP contribution in [0.2, 0.25) is 0 Å². The standard InChI is InChI=1S/C14H15FN2O2S/c1-10-13(15)3-2-4-14(10)17-20(18,19)12-7-5-11(9-16)6-8-12/h2-8,17H,9,16H2,1H3.